The smallest absolute Gasteiger partial charge is 0.295 e. The zero-order valence-corrected chi connectivity index (χ0v) is 16.1. The first-order valence-electron chi connectivity index (χ1n) is 9.35. The van der Waals surface area contributed by atoms with Crippen molar-refractivity contribution in [3.8, 4) is 0 Å². The van der Waals surface area contributed by atoms with Crippen molar-refractivity contribution < 1.29 is 19.4 Å². The molecule has 1 fully saturated rings. The standard InChI is InChI=1S/C22H24N2O4/c1-3-15-5-7-16(8-6-15)19-18(20(25)17-9-11-23-12-10-17)21(26)22(27)24(19)13-4-14-28-2/h5-12,19,25H,3-4,13-14H2,1-2H3. The van der Waals surface area contributed by atoms with Crippen LogP contribution in [0, 0.1) is 0 Å². The van der Waals surface area contributed by atoms with E-state index in [2.05, 4.69) is 11.9 Å². The van der Waals surface area contributed by atoms with Crippen molar-refractivity contribution in [2.45, 2.75) is 25.8 Å². The quantitative estimate of drug-likeness (QED) is 0.346. The molecule has 2 aromatic rings. The maximum absolute atomic E-state index is 12.8. The first kappa shape index (κ1) is 19.8. The van der Waals surface area contributed by atoms with Crippen LogP contribution >= 0.6 is 0 Å². The number of rotatable bonds is 7. The molecule has 1 aliphatic rings. The molecular formula is C22H24N2O4. The van der Waals surface area contributed by atoms with E-state index in [0.717, 1.165) is 17.5 Å². The van der Waals surface area contributed by atoms with Gasteiger partial charge in [0.1, 0.15) is 5.76 Å². The van der Waals surface area contributed by atoms with Crippen molar-refractivity contribution in [2.75, 3.05) is 20.3 Å². The maximum Gasteiger partial charge on any atom is 0.295 e. The molecule has 1 amide bonds. The van der Waals surface area contributed by atoms with Crippen molar-refractivity contribution in [1.29, 1.82) is 0 Å². The average molecular weight is 380 g/mol. The Kier molecular flexibility index (Phi) is 6.21. The van der Waals surface area contributed by atoms with Crippen LogP contribution in [0.25, 0.3) is 5.76 Å². The van der Waals surface area contributed by atoms with Gasteiger partial charge in [-0.25, -0.2) is 0 Å². The summed E-state index contributed by atoms with van der Waals surface area (Å²) in [7, 11) is 1.60. The Balaban J connectivity index is 2.09. The number of pyridine rings is 1. The second-order valence-corrected chi connectivity index (χ2v) is 6.67. The second-order valence-electron chi connectivity index (χ2n) is 6.67. The zero-order chi connectivity index (χ0) is 20.1. The monoisotopic (exact) mass is 380 g/mol. The maximum atomic E-state index is 12.8. The minimum atomic E-state index is -0.670. The van der Waals surface area contributed by atoms with E-state index in [9.17, 15) is 14.7 Å². The summed E-state index contributed by atoms with van der Waals surface area (Å²) in [5.74, 6) is -1.45. The molecule has 28 heavy (non-hydrogen) atoms. The molecule has 1 N–H and O–H groups in total. The van der Waals surface area contributed by atoms with Gasteiger partial charge in [0.2, 0.25) is 0 Å². The number of amides is 1. The molecule has 1 atom stereocenters. The third kappa shape index (κ3) is 3.82. The second kappa shape index (κ2) is 8.80. The number of aliphatic hydroxyl groups is 1. The lowest BCUT2D eigenvalue weighted by Crippen LogP contribution is -2.31. The Labute approximate surface area is 164 Å². The number of carbonyl (C=O) groups is 2. The molecule has 1 saturated heterocycles. The number of aryl methyl sites for hydroxylation is 1. The van der Waals surface area contributed by atoms with Gasteiger partial charge in [0.05, 0.1) is 11.6 Å². The Morgan fingerprint density at radius 2 is 1.82 bits per heavy atom. The van der Waals surface area contributed by atoms with Gasteiger partial charge in [-0.3, -0.25) is 14.6 Å². The minimum absolute atomic E-state index is 0.109. The van der Waals surface area contributed by atoms with Gasteiger partial charge in [-0.1, -0.05) is 31.2 Å². The van der Waals surface area contributed by atoms with Crippen LogP contribution in [0.15, 0.2) is 54.4 Å². The number of likely N-dealkylation sites (tertiary alicyclic amines) is 1. The van der Waals surface area contributed by atoms with Gasteiger partial charge >= 0.3 is 0 Å². The van der Waals surface area contributed by atoms with E-state index < -0.39 is 17.7 Å². The molecule has 6 nitrogen and oxygen atoms in total. The summed E-state index contributed by atoms with van der Waals surface area (Å²) in [5.41, 5.74) is 2.52. The van der Waals surface area contributed by atoms with E-state index in [0.29, 0.717) is 25.1 Å². The largest absolute Gasteiger partial charge is 0.507 e. The molecular weight excluding hydrogens is 356 g/mol. The molecule has 3 rings (SSSR count). The number of carbonyl (C=O) groups excluding carboxylic acids is 2. The number of aromatic nitrogens is 1. The molecule has 1 aliphatic heterocycles. The van der Waals surface area contributed by atoms with Crippen molar-refractivity contribution in [3.63, 3.8) is 0 Å². The highest BCUT2D eigenvalue weighted by Gasteiger charge is 2.45. The van der Waals surface area contributed by atoms with E-state index in [1.807, 2.05) is 24.3 Å². The number of hydrogen-bond acceptors (Lipinski definition) is 5. The molecule has 0 radical (unpaired) electrons. The van der Waals surface area contributed by atoms with Gasteiger partial charge < -0.3 is 14.7 Å². The van der Waals surface area contributed by atoms with Crippen LogP contribution in [0.4, 0.5) is 0 Å². The number of ether oxygens (including phenoxy) is 1. The van der Waals surface area contributed by atoms with Crippen LogP contribution in [-0.2, 0) is 20.7 Å². The van der Waals surface area contributed by atoms with E-state index >= 15 is 0 Å². The van der Waals surface area contributed by atoms with Gasteiger partial charge in [0.25, 0.3) is 11.7 Å². The van der Waals surface area contributed by atoms with Crippen LogP contribution in [0.1, 0.15) is 36.1 Å². The van der Waals surface area contributed by atoms with E-state index in [1.54, 1.807) is 19.2 Å². The fraction of sp³-hybridized carbons (Fsp3) is 0.318. The number of Topliss-reactive ketones (excluding diaryl/α,β-unsaturated/α-hetero) is 1. The predicted octanol–water partition coefficient (Wildman–Crippen LogP) is 3.10. The topological polar surface area (TPSA) is 79.7 Å². The summed E-state index contributed by atoms with van der Waals surface area (Å²) in [6, 6.07) is 10.4. The molecule has 1 aromatic carbocycles. The van der Waals surface area contributed by atoms with Crippen molar-refractivity contribution in [1.82, 2.24) is 9.88 Å². The molecule has 146 valence electrons. The van der Waals surface area contributed by atoms with Crippen molar-refractivity contribution in [2.24, 2.45) is 0 Å². The fourth-order valence-electron chi connectivity index (χ4n) is 3.44. The van der Waals surface area contributed by atoms with E-state index in [4.69, 9.17) is 4.74 Å². The highest BCUT2D eigenvalue weighted by Crippen LogP contribution is 2.39. The summed E-state index contributed by atoms with van der Waals surface area (Å²) < 4.78 is 5.09. The van der Waals surface area contributed by atoms with Crippen LogP contribution in [-0.4, -0.2) is 46.9 Å². The van der Waals surface area contributed by atoms with E-state index in [-0.39, 0.29) is 11.3 Å². The van der Waals surface area contributed by atoms with Gasteiger partial charge in [-0.05, 0) is 36.1 Å². The third-order valence-electron chi connectivity index (χ3n) is 4.94. The number of nitrogens with zero attached hydrogens (tertiary/aromatic N) is 2. The summed E-state index contributed by atoms with van der Waals surface area (Å²) in [6.45, 7) is 2.91. The summed E-state index contributed by atoms with van der Waals surface area (Å²) in [5, 5.41) is 10.9. The lowest BCUT2D eigenvalue weighted by atomic mass is 9.94. The Hall–Kier alpha value is -2.99. The first-order chi connectivity index (χ1) is 13.6. The third-order valence-corrected chi connectivity index (χ3v) is 4.94. The lowest BCUT2D eigenvalue weighted by molar-refractivity contribution is -0.140. The first-order valence-corrected chi connectivity index (χ1v) is 9.35. The van der Waals surface area contributed by atoms with Crippen LogP contribution in [0.5, 0.6) is 0 Å². The number of hydrogen-bond donors (Lipinski definition) is 1. The Morgan fingerprint density at radius 1 is 1.14 bits per heavy atom. The van der Waals surface area contributed by atoms with Gasteiger partial charge in [-0.2, -0.15) is 0 Å². The summed E-state index contributed by atoms with van der Waals surface area (Å²) >= 11 is 0. The molecule has 2 heterocycles. The van der Waals surface area contributed by atoms with Crippen molar-refractivity contribution >= 4 is 17.4 Å². The molecule has 1 unspecified atom stereocenters. The van der Waals surface area contributed by atoms with Gasteiger partial charge in [-0.15, -0.1) is 0 Å². The highest BCUT2D eigenvalue weighted by atomic mass is 16.5. The number of aliphatic hydroxyl groups excluding tert-OH is 1. The summed E-state index contributed by atoms with van der Waals surface area (Å²) in [6.07, 6.45) is 4.57. The molecule has 6 heteroatoms. The minimum Gasteiger partial charge on any atom is -0.507 e. The van der Waals surface area contributed by atoms with Crippen LogP contribution < -0.4 is 0 Å². The highest BCUT2D eigenvalue weighted by molar-refractivity contribution is 6.46. The fourth-order valence-corrected chi connectivity index (χ4v) is 3.44. The van der Waals surface area contributed by atoms with Gasteiger partial charge in [0, 0.05) is 38.2 Å². The number of methoxy groups -OCH3 is 1. The van der Waals surface area contributed by atoms with Crippen LogP contribution in [0.2, 0.25) is 0 Å². The molecule has 0 bridgehead atoms. The number of ketones is 1. The van der Waals surface area contributed by atoms with E-state index in [1.165, 1.54) is 17.3 Å². The lowest BCUT2D eigenvalue weighted by Gasteiger charge is -2.25. The predicted molar refractivity (Wildman–Crippen MR) is 106 cm³/mol. The normalized spacial score (nSPS) is 18.6. The van der Waals surface area contributed by atoms with Gasteiger partial charge in [0.15, 0.2) is 0 Å². The zero-order valence-electron chi connectivity index (χ0n) is 16.1. The SMILES string of the molecule is CCc1ccc(C2C(=C(O)c3ccncc3)C(=O)C(=O)N2CCCOC)cc1. The average Bonchev–Trinajstić information content (AvgIpc) is 2.99. The summed E-state index contributed by atoms with van der Waals surface area (Å²) in [4.78, 5) is 31.0. The Bertz CT molecular complexity index is 875. The molecule has 0 saturated carbocycles. The molecule has 0 spiro atoms. The van der Waals surface area contributed by atoms with Crippen LogP contribution in [0.3, 0.4) is 0 Å². The molecule has 1 aromatic heterocycles. The van der Waals surface area contributed by atoms with Crippen molar-refractivity contribution in [3.05, 3.63) is 71.1 Å². The number of benzene rings is 1. The molecule has 0 aliphatic carbocycles. The Morgan fingerprint density at radius 3 is 2.43 bits per heavy atom.